The number of aryl methyl sites for hydroxylation is 3. The second kappa shape index (κ2) is 10.4. The van der Waals surface area contributed by atoms with Crippen molar-refractivity contribution in [2.75, 3.05) is 0 Å². The number of esters is 1. The minimum absolute atomic E-state index is 0.0253. The van der Waals surface area contributed by atoms with Gasteiger partial charge in [-0.15, -0.1) is 0 Å². The molecule has 1 N–H and O–H groups in total. The van der Waals surface area contributed by atoms with Gasteiger partial charge in [0.25, 0.3) is 0 Å². The van der Waals surface area contributed by atoms with Gasteiger partial charge in [0.1, 0.15) is 17.4 Å². The Morgan fingerprint density at radius 1 is 1.08 bits per heavy atom. The van der Waals surface area contributed by atoms with Crippen LogP contribution in [0.15, 0.2) is 33.9 Å². The highest BCUT2D eigenvalue weighted by Gasteiger charge is 2.52. The van der Waals surface area contributed by atoms with Crippen LogP contribution in [0.5, 0.6) is 0 Å². The maximum absolute atomic E-state index is 13.6. The summed E-state index contributed by atoms with van der Waals surface area (Å²) in [4.78, 5) is 40.9. The smallest absolute Gasteiger partial charge is 0.317 e. The van der Waals surface area contributed by atoms with Crippen LogP contribution in [0.3, 0.4) is 0 Å². The second-order valence-electron chi connectivity index (χ2n) is 11.0. The van der Waals surface area contributed by atoms with Crippen LogP contribution < -0.4 is 5.43 Å². The number of Topliss-reactive ketones (excluding diaryl/α,β-unsaturated/α-hetero) is 1. The highest BCUT2D eigenvalue weighted by atomic mass is 16.6. The van der Waals surface area contributed by atoms with Crippen molar-refractivity contribution < 1.29 is 14.3 Å². The summed E-state index contributed by atoms with van der Waals surface area (Å²) in [6.07, 6.45) is 9.61. The number of hydrogen-bond acceptors (Lipinski definition) is 8. The lowest BCUT2D eigenvalue weighted by atomic mass is 9.73. The van der Waals surface area contributed by atoms with Gasteiger partial charge in [-0.25, -0.2) is 15.0 Å². The van der Waals surface area contributed by atoms with Gasteiger partial charge in [-0.2, -0.15) is 0 Å². The molecule has 0 radical (unpaired) electrons. The molecule has 4 heterocycles. The van der Waals surface area contributed by atoms with Crippen molar-refractivity contribution in [2.24, 2.45) is 21.8 Å². The van der Waals surface area contributed by atoms with Crippen LogP contribution in [0.2, 0.25) is 0 Å². The lowest BCUT2D eigenvalue weighted by Crippen LogP contribution is -2.52. The van der Waals surface area contributed by atoms with Crippen molar-refractivity contribution in [3.8, 4) is 0 Å². The molecule has 1 aromatic heterocycles. The summed E-state index contributed by atoms with van der Waals surface area (Å²) < 4.78 is 6.33. The molecule has 0 bridgehead atoms. The number of nitrogens with one attached hydrogen (secondary N) is 1. The monoisotopic (exact) mass is 505 g/mol. The number of carbonyl (C=O) groups is 2. The molecule has 1 aromatic rings. The first-order chi connectivity index (χ1) is 17.8. The number of carbonyl (C=O) groups excluding carboxylic acids is 2. The minimum atomic E-state index is -0.823. The largest absolute Gasteiger partial charge is 0.458 e. The van der Waals surface area contributed by atoms with E-state index in [1.807, 2.05) is 24.9 Å². The third kappa shape index (κ3) is 5.20. The first-order valence-corrected chi connectivity index (χ1v) is 13.9. The summed E-state index contributed by atoms with van der Waals surface area (Å²) in [7, 11) is 0. The zero-order valence-electron chi connectivity index (χ0n) is 22.5. The van der Waals surface area contributed by atoms with E-state index in [1.54, 1.807) is 0 Å². The summed E-state index contributed by atoms with van der Waals surface area (Å²) >= 11 is 0. The van der Waals surface area contributed by atoms with Gasteiger partial charge in [0.15, 0.2) is 5.78 Å². The van der Waals surface area contributed by atoms with Gasteiger partial charge >= 0.3 is 5.97 Å². The highest BCUT2D eigenvalue weighted by Crippen LogP contribution is 2.45. The Bertz CT molecular complexity index is 1120. The Balaban J connectivity index is 1.32. The zero-order chi connectivity index (χ0) is 26.2. The number of allylic oxidation sites excluding steroid dienone is 2. The SMILES string of the molecule is CCc1cc(CC[C@]2(C3CCCC3)CC(=O)C(CC3=NC4N=C(C)C=C(C)N4N3)C(=O)O2)cc(CC)n1. The summed E-state index contributed by atoms with van der Waals surface area (Å²) in [6.45, 7) is 8.17. The fourth-order valence-electron chi connectivity index (χ4n) is 6.32. The van der Waals surface area contributed by atoms with Crippen LogP contribution in [0.25, 0.3) is 0 Å². The number of rotatable bonds is 8. The molecule has 3 aliphatic heterocycles. The number of cyclic esters (lactones) is 1. The van der Waals surface area contributed by atoms with Gasteiger partial charge in [0.2, 0.25) is 6.29 Å². The number of hydrazine groups is 1. The predicted octanol–water partition coefficient (Wildman–Crippen LogP) is 4.47. The van der Waals surface area contributed by atoms with Gasteiger partial charge in [-0.1, -0.05) is 26.7 Å². The van der Waals surface area contributed by atoms with E-state index in [0.29, 0.717) is 12.3 Å². The quantitative estimate of drug-likeness (QED) is 0.414. The minimum Gasteiger partial charge on any atom is -0.458 e. The number of nitrogens with zero attached hydrogens (tertiary/aromatic N) is 4. The number of ketones is 1. The summed E-state index contributed by atoms with van der Waals surface area (Å²) in [5.74, 6) is -0.405. The number of ether oxygens (including phenoxy) is 1. The van der Waals surface area contributed by atoms with E-state index in [1.165, 1.54) is 5.56 Å². The molecular weight excluding hydrogens is 466 g/mol. The van der Waals surface area contributed by atoms with Crippen molar-refractivity contribution in [3.63, 3.8) is 0 Å². The fraction of sp³-hybridized carbons (Fsp3) is 0.621. The molecule has 8 nitrogen and oxygen atoms in total. The normalized spacial score (nSPS) is 27.9. The fourth-order valence-corrected chi connectivity index (χ4v) is 6.32. The van der Waals surface area contributed by atoms with Crippen LogP contribution in [0.1, 0.15) is 89.6 Å². The average molecular weight is 506 g/mol. The summed E-state index contributed by atoms with van der Waals surface area (Å²) in [5.41, 5.74) is 7.83. The van der Waals surface area contributed by atoms with E-state index < -0.39 is 17.5 Å². The standard InChI is InChI=1S/C29H39N5O3/c1-5-22-14-20(15-23(6-2)31-22)11-12-29(21-9-7-8-10-21)17-25(35)24(27(36)37-29)16-26-32-28-30-18(3)13-19(4)34(28)33-26/h13-15,21,24,28H,5-12,16-17H2,1-4H3,(H,32,33)/t24?,28?,29-/m1/s1. The molecule has 2 fully saturated rings. The average Bonchev–Trinajstić information content (AvgIpc) is 3.55. The van der Waals surface area contributed by atoms with Gasteiger partial charge in [-0.3, -0.25) is 20.0 Å². The van der Waals surface area contributed by atoms with E-state index in [4.69, 9.17) is 9.72 Å². The third-order valence-electron chi connectivity index (χ3n) is 8.37. The van der Waals surface area contributed by atoms with Crippen molar-refractivity contribution in [1.29, 1.82) is 0 Å². The van der Waals surface area contributed by atoms with Crippen molar-refractivity contribution in [1.82, 2.24) is 15.4 Å². The first-order valence-electron chi connectivity index (χ1n) is 13.9. The third-order valence-corrected chi connectivity index (χ3v) is 8.37. The Labute approximate surface area is 219 Å². The lowest BCUT2D eigenvalue weighted by molar-refractivity contribution is -0.185. The Hall–Kier alpha value is -3.03. The number of pyridine rings is 1. The van der Waals surface area contributed by atoms with E-state index >= 15 is 0 Å². The molecule has 0 spiro atoms. The van der Waals surface area contributed by atoms with Crippen LogP contribution in [0.4, 0.5) is 0 Å². The molecule has 1 aliphatic carbocycles. The summed E-state index contributed by atoms with van der Waals surface area (Å²) in [5, 5.41) is 1.87. The van der Waals surface area contributed by atoms with Crippen molar-refractivity contribution in [3.05, 3.63) is 40.9 Å². The summed E-state index contributed by atoms with van der Waals surface area (Å²) in [6, 6.07) is 4.33. The van der Waals surface area contributed by atoms with Gasteiger partial charge < -0.3 is 4.74 Å². The predicted molar refractivity (Wildman–Crippen MR) is 143 cm³/mol. The Morgan fingerprint density at radius 2 is 1.78 bits per heavy atom. The zero-order valence-corrected chi connectivity index (χ0v) is 22.5. The van der Waals surface area contributed by atoms with E-state index in [9.17, 15) is 9.59 Å². The van der Waals surface area contributed by atoms with E-state index in [0.717, 1.165) is 67.7 Å². The van der Waals surface area contributed by atoms with Gasteiger partial charge in [0, 0.05) is 35.6 Å². The lowest BCUT2D eigenvalue weighted by Gasteiger charge is -2.43. The molecule has 198 valence electrons. The molecule has 1 saturated heterocycles. The molecule has 5 rings (SSSR count). The molecule has 0 amide bonds. The highest BCUT2D eigenvalue weighted by molar-refractivity contribution is 6.05. The Morgan fingerprint density at radius 3 is 2.43 bits per heavy atom. The number of fused-ring (bicyclic) bond motifs is 1. The van der Waals surface area contributed by atoms with Crippen LogP contribution >= 0.6 is 0 Å². The van der Waals surface area contributed by atoms with Crippen molar-refractivity contribution >= 4 is 23.3 Å². The maximum atomic E-state index is 13.6. The molecular formula is C29H39N5O3. The van der Waals surface area contributed by atoms with Gasteiger partial charge in [0.05, 0.1) is 0 Å². The van der Waals surface area contributed by atoms with Crippen LogP contribution in [0, 0.1) is 11.8 Å². The molecule has 8 heteroatoms. The molecule has 3 atom stereocenters. The molecule has 37 heavy (non-hydrogen) atoms. The number of aliphatic imine (C=N–C) groups is 2. The number of hydrogen-bond donors (Lipinski definition) is 1. The Kier molecular flexibility index (Phi) is 7.19. The number of aromatic nitrogens is 1. The molecule has 2 unspecified atom stereocenters. The molecule has 1 saturated carbocycles. The van der Waals surface area contributed by atoms with Crippen LogP contribution in [-0.4, -0.2) is 45.2 Å². The molecule has 4 aliphatic rings. The van der Waals surface area contributed by atoms with Crippen LogP contribution in [-0.2, 0) is 33.6 Å². The second-order valence-corrected chi connectivity index (χ2v) is 11.0. The molecule has 0 aromatic carbocycles. The van der Waals surface area contributed by atoms with E-state index in [2.05, 4.69) is 41.4 Å². The maximum Gasteiger partial charge on any atom is 0.317 e. The topological polar surface area (TPSA) is 96.2 Å². The number of amidine groups is 1. The van der Waals surface area contributed by atoms with E-state index in [-0.39, 0.29) is 30.8 Å². The first kappa shape index (κ1) is 25.6. The van der Waals surface area contributed by atoms with Crippen molar-refractivity contribution in [2.45, 2.75) is 104 Å². The van der Waals surface area contributed by atoms with Gasteiger partial charge in [-0.05, 0) is 82.1 Å².